The molecule has 0 saturated heterocycles. The predicted octanol–water partition coefficient (Wildman–Crippen LogP) is 4.02. The number of carbonyl (C=O) groups is 1. The number of nitrogens with zero attached hydrogens (tertiary/aromatic N) is 2. The molecule has 1 amide bonds. The summed E-state index contributed by atoms with van der Waals surface area (Å²) in [4.78, 5) is 13.9. The van der Waals surface area contributed by atoms with Crippen LogP contribution in [0.4, 0.5) is 4.79 Å². The number of hydrogen-bond donors (Lipinski definition) is 1. The average molecular weight is 334 g/mol. The Bertz CT molecular complexity index is 682. The minimum atomic E-state index is -0.243. The van der Waals surface area contributed by atoms with Gasteiger partial charge in [-0.3, -0.25) is 5.10 Å². The van der Waals surface area contributed by atoms with Gasteiger partial charge in [-0.2, -0.15) is 5.10 Å². The normalized spacial score (nSPS) is 13.7. The van der Waals surface area contributed by atoms with Crippen LogP contribution in [0.1, 0.15) is 31.0 Å². The van der Waals surface area contributed by atoms with Gasteiger partial charge in [0.25, 0.3) is 0 Å². The van der Waals surface area contributed by atoms with E-state index in [1.165, 1.54) is 0 Å². The van der Waals surface area contributed by atoms with E-state index >= 15 is 0 Å². The van der Waals surface area contributed by atoms with E-state index in [0.29, 0.717) is 24.7 Å². The van der Waals surface area contributed by atoms with Crippen molar-refractivity contribution in [1.29, 1.82) is 0 Å². The minimum Gasteiger partial charge on any atom is -0.449 e. The fourth-order valence-corrected chi connectivity index (χ4v) is 2.82. The zero-order valence-corrected chi connectivity index (χ0v) is 13.9. The molecule has 2 heterocycles. The average Bonchev–Trinajstić information content (AvgIpc) is 2.99. The van der Waals surface area contributed by atoms with Gasteiger partial charge in [-0.25, -0.2) is 4.79 Å². The first-order valence-electron chi connectivity index (χ1n) is 7.92. The second kappa shape index (κ2) is 7.04. The highest BCUT2D eigenvalue weighted by Gasteiger charge is 2.26. The molecule has 0 radical (unpaired) electrons. The Morgan fingerprint density at radius 3 is 2.91 bits per heavy atom. The van der Waals surface area contributed by atoms with Crippen LogP contribution in [0.3, 0.4) is 0 Å². The summed E-state index contributed by atoms with van der Waals surface area (Å²) in [5, 5.41) is 8.20. The van der Waals surface area contributed by atoms with Gasteiger partial charge in [0.2, 0.25) is 0 Å². The highest BCUT2D eigenvalue weighted by atomic mass is 35.5. The summed E-state index contributed by atoms with van der Waals surface area (Å²) in [5.74, 6) is 0. The number of halogens is 1. The van der Waals surface area contributed by atoms with E-state index in [1.807, 2.05) is 24.3 Å². The van der Waals surface area contributed by atoms with Crippen molar-refractivity contribution in [3.63, 3.8) is 0 Å². The van der Waals surface area contributed by atoms with Crippen LogP contribution in [-0.4, -0.2) is 34.3 Å². The van der Waals surface area contributed by atoms with E-state index in [4.69, 9.17) is 16.3 Å². The Balaban J connectivity index is 1.76. The lowest BCUT2D eigenvalue weighted by Crippen LogP contribution is -2.36. The van der Waals surface area contributed by atoms with Crippen molar-refractivity contribution < 1.29 is 9.53 Å². The van der Waals surface area contributed by atoms with Gasteiger partial charge < -0.3 is 9.64 Å². The Morgan fingerprint density at radius 1 is 1.39 bits per heavy atom. The highest BCUT2D eigenvalue weighted by molar-refractivity contribution is 6.30. The van der Waals surface area contributed by atoms with Crippen LogP contribution in [0, 0.1) is 0 Å². The molecule has 23 heavy (non-hydrogen) atoms. The second-order valence-electron chi connectivity index (χ2n) is 5.68. The molecule has 5 nitrogen and oxygen atoms in total. The molecule has 0 spiro atoms. The predicted molar refractivity (Wildman–Crippen MR) is 89.4 cm³/mol. The molecule has 0 fully saturated rings. The van der Waals surface area contributed by atoms with E-state index < -0.39 is 0 Å². The van der Waals surface area contributed by atoms with Gasteiger partial charge in [-0.1, -0.05) is 37.1 Å². The Hall–Kier alpha value is -2.01. The number of nitrogens with one attached hydrogen (secondary N) is 1. The Kier molecular flexibility index (Phi) is 4.86. The molecule has 1 aliphatic heterocycles. The number of hydrogen-bond acceptors (Lipinski definition) is 3. The number of aromatic amines is 1. The van der Waals surface area contributed by atoms with E-state index in [-0.39, 0.29) is 6.09 Å². The lowest BCUT2D eigenvalue weighted by molar-refractivity contribution is 0.0966. The first kappa shape index (κ1) is 15.9. The molecule has 3 rings (SSSR count). The molecule has 1 N–H and O–H groups in total. The molecule has 0 saturated carbocycles. The highest BCUT2D eigenvalue weighted by Crippen LogP contribution is 2.29. The number of ether oxygens (including phenoxy) is 1. The van der Waals surface area contributed by atoms with Crippen molar-refractivity contribution in [2.75, 3.05) is 13.2 Å². The largest absolute Gasteiger partial charge is 0.449 e. The summed E-state index contributed by atoms with van der Waals surface area (Å²) in [5.41, 5.74) is 4.02. The smallest absolute Gasteiger partial charge is 0.410 e. The van der Waals surface area contributed by atoms with Gasteiger partial charge in [0.15, 0.2) is 0 Å². The van der Waals surface area contributed by atoms with Crippen LogP contribution in [0.5, 0.6) is 0 Å². The third kappa shape index (κ3) is 3.50. The quantitative estimate of drug-likeness (QED) is 0.859. The maximum atomic E-state index is 12.2. The number of amides is 1. The van der Waals surface area contributed by atoms with Gasteiger partial charge in [-0.05, 0) is 18.6 Å². The van der Waals surface area contributed by atoms with Gasteiger partial charge in [0.05, 0.1) is 18.8 Å². The zero-order chi connectivity index (χ0) is 16.2. The van der Waals surface area contributed by atoms with E-state index in [2.05, 4.69) is 17.1 Å². The number of unbranched alkanes of at least 4 members (excludes halogenated alkanes) is 1. The second-order valence-corrected chi connectivity index (χ2v) is 6.11. The van der Waals surface area contributed by atoms with Crippen molar-refractivity contribution >= 4 is 17.7 Å². The van der Waals surface area contributed by atoms with Gasteiger partial charge in [-0.15, -0.1) is 0 Å². The molecule has 1 aromatic carbocycles. The molecule has 122 valence electrons. The lowest BCUT2D eigenvalue weighted by atomic mass is 10.0. The summed E-state index contributed by atoms with van der Waals surface area (Å²) in [6, 6.07) is 7.57. The van der Waals surface area contributed by atoms with Gasteiger partial charge in [0.1, 0.15) is 0 Å². The monoisotopic (exact) mass is 333 g/mol. The van der Waals surface area contributed by atoms with Gasteiger partial charge in [0, 0.05) is 34.8 Å². The summed E-state index contributed by atoms with van der Waals surface area (Å²) in [7, 11) is 0. The first-order chi connectivity index (χ1) is 11.2. The summed E-state index contributed by atoms with van der Waals surface area (Å²) in [6.07, 6.45) is 2.43. The molecule has 0 aliphatic carbocycles. The summed E-state index contributed by atoms with van der Waals surface area (Å²) < 4.78 is 5.31. The molecule has 0 atom stereocenters. The van der Waals surface area contributed by atoms with Crippen LogP contribution in [0.15, 0.2) is 24.3 Å². The van der Waals surface area contributed by atoms with Crippen LogP contribution in [0.2, 0.25) is 5.02 Å². The summed E-state index contributed by atoms with van der Waals surface area (Å²) >= 11 is 5.94. The minimum absolute atomic E-state index is 0.243. The maximum absolute atomic E-state index is 12.2. The van der Waals surface area contributed by atoms with Crippen molar-refractivity contribution in [2.24, 2.45) is 0 Å². The maximum Gasteiger partial charge on any atom is 0.410 e. The molecule has 1 aromatic heterocycles. The SMILES string of the molecule is CCCCOC(=O)N1CCc2[nH]nc(-c3ccc(Cl)cc3)c2C1. The van der Waals surface area contributed by atoms with Crippen LogP contribution in [0.25, 0.3) is 11.3 Å². The van der Waals surface area contributed by atoms with Crippen LogP contribution >= 0.6 is 11.6 Å². The van der Waals surface area contributed by atoms with Crippen molar-refractivity contribution in [3.8, 4) is 11.3 Å². The number of rotatable bonds is 4. The van der Waals surface area contributed by atoms with E-state index in [0.717, 1.165) is 41.8 Å². The molecule has 6 heteroatoms. The fraction of sp³-hybridized carbons (Fsp3) is 0.412. The van der Waals surface area contributed by atoms with Gasteiger partial charge >= 0.3 is 6.09 Å². The Morgan fingerprint density at radius 2 is 2.17 bits per heavy atom. The van der Waals surface area contributed by atoms with Crippen LogP contribution < -0.4 is 0 Å². The molecule has 1 aliphatic rings. The number of benzene rings is 1. The Labute approximate surface area is 140 Å². The number of H-pyrrole nitrogens is 1. The summed E-state index contributed by atoms with van der Waals surface area (Å²) in [6.45, 7) is 3.73. The first-order valence-corrected chi connectivity index (χ1v) is 8.30. The molecule has 2 aromatic rings. The van der Waals surface area contributed by atoms with E-state index in [1.54, 1.807) is 4.90 Å². The number of aromatic nitrogens is 2. The third-order valence-electron chi connectivity index (χ3n) is 4.03. The number of fused-ring (bicyclic) bond motifs is 1. The standard InChI is InChI=1S/C17H20ClN3O2/c1-2-3-10-23-17(22)21-9-8-15-14(11-21)16(20-19-15)12-4-6-13(18)7-5-12/h4-7H,2-3,8-11H2,1H3,(H,19,20). The molecular weight excluding hydrogens is 314 g/mol. The zero-order valence-electron chi connectivity index (χ0n) is 13.1. The number of carbonyl (C=O) groups excluding carboxylic acids is 1. The van der Waals surface area contributed by atoms with Crippen molar-refractivity contribution in [1.82, 2.24) is 15.1 Å². The topological polar surface area (TPSA) is 58.2 Å². The molecule has 0 unspecified atom stereocenters. The molecular formula is C17H20ClN3O2. The van der Waals surface area contributed by atoms with Crippen LogP contribution in [-0.2, 0) is 17.7 Å². The lowest BCUT2D eigenvalue weighted by Gasteiger charge is -2.26. The fourth-order valence-electron chi connectivity index (χ4n) is 2.69. The van der Waals surface area contributed by atoms with Crippen molar-refractivity contribution in [3.05, 3.63) is 40.5 Å². The third-order valence-corrected chi connectivity index (χ3v) is 4.28. The van der Waals surface area contributed by atoms with E-state index in [9.17, 15) is 4.79 Å². The van der Waals surface area contributed by atoms with Crippen molar-refractivity contribution in [2.45, 2.75) is 32.7 Å². The molecule has 0 bridgehead atoms.